The summed E-state index contributed by atoms with van der Waals surface area (Å²) in [7, 11) is 1.73. The van der Waals surface area contributed by atoms with Gasteiger partial charge in [-0.1, -0.05) is 25.7 Å². The van der Waals surface area contributed by atoms with E-state index in [1.165, 1.54) is 47.8 Å². The first kappa shape index (κ1) is 12.4. The molecule has 1 fully saturated rings. The highest BCUT2D eigenvalue weighted by atomic mass is 16.2. The van der Waals surface area contributed by atoms with Crippen molar-refractivity contribution in [2.75, 3.05) is 6.54 Å². The maximum Gasteiger partial charge on any atom is 0.345 e. The quantitative estimate of drug-likeness (QED) is 0.793. The van der Waals surface area contributed by atoms with Crippen molar-refractivity contribution >= 4 is 0 Å². The summed E-state index contributed by atoms with van der Waals surface area (Å²) in [4.78, 5) is 11.5. The van der Waals surface area contributed by atoms with E-state index in [-0.39, 0.29) is 5.69 Å². The van der Waals surface area contributed by atoms with E-state index in [1.54, 1.807) is 13.4 Å². The van der Waals surface area contributed by atoms with Gasteiger partial charge in [-0.15, -0.1) is 0 Å². The van der Waals surface area contributed by atoms with Crippen LogP contribution in [0.25, 0.3) is 0 Å². The van der Waals surface area contributed by atoms with Crippen LogP contribution in [0.3, 0.4) is 0 Å². The van der Waals surface area contributed by atoms with Gasteiger partial charge in [0.25, 0.3) is 0 Å². The van der Waals surface area contributed by atoms with E-state index in [4.69, 9.17) is 0 Å². The van der Waals surface area contributed by atoms with Crippen molar-refractivity contribution in [2.45, 2.75) is 51.1 Å². The zero-order valence-electron chi connectivity index (χ0n) is 10.6. The Morgan fingerprint density at radius 2 is 2.06 bits per heavy atom. The molecule has 1 heterocycles. The Labute approximate surface area is 102 Å². The van der Waals surface area contributed by atoms with Crippen molar-refractivity contribution in [2.24, 2.45) is 7.05 Å². The van der Waals surface area contributed by atoms with Crippen LogP contribution in [-0.2, 0) is 13.6 Å². The minimum atomic E-state index is -0.0346. The summed E-state index contributed by atoms with van der Waals surface area (Å²) in [5.74, 6) is 0. The lowest BCUT2D eigenvalue weighted by atomic mass is 10.1. The first-order chi connectivity index (χ1) is 8.27. The molecule has 5 heteroatoms. The fraction of sp³-hybridized carbons (Fsp3) is 0.833. The highest BCUT2D eigenvalue weighted by molar-refractivity contribution is 4.71. The second-order valence-corrected chi connectivity index (χ2v) is 4.89. The van der Waals surface area contributed by atoms with E-state index < -0.39 is 0 Å². The number of hydrogen-bond acceptors (Lipinski definition) is 3. The minimum absolute atomic E-state index is 0.0346. The number of hydrogen-bond donors (Lipinski definition) is 1. The summed E-state index contributed by atoms with van der Waals surface area (Å²) in [5, 5.41) is 7.58. The van der Waals surface area contributed by atoms with Crippen LogP contribution in [0, 0.1) is 0 Å². The van der Waals surface area contributed by atoms with Crippen molar-refractivity contribution in [1.29, 1.82) is 0 Å². The standard InChI is InChI=1S/C12H22N4O/c1-15-10-14-16(12(15)17)9-8-13-11-6-4-2-3-5-7-11/h10-11,13H,2-9H2,1H3. The van der Waals surface area contributed by atoms with Gasteiger partial charge in [0.2, 0.25) is 0 Å². The molecule has 1 aliphatic carbocycles. The highest BCUT2D eigenvalue weighted by Crippen LogP contribution is 2.16. The van der Waals surface area contributed by atoms with E-state index in [2.05, 4.69) is 10.4 Å². The third kappa shape index (κ3) is 3.43. The van der Waals surface area contributed by atoms with Crippen molar-refractivity contribution in [1.82, 2.24) is 19.7 Å². The van der Waals surface area contributed by atoms with E-state index in [0.717, 1.165) is 6.54 Å². The molecule has 0 radical (unpaired) electrons. The van der Waals surface area contributed by atoms with Crippen molar-refractivity contribution in [3.63, 3.8) is 0 Å². The van der Waals surface area contributed by atoms with E-state index in [0.29, 0.717) is 12.6 Å². The molecule has 0 aromatic carbocycles. The van der Waals surface area contributed by atoms with Crippen LogP contribution < -0.4 is 11.0 Å². The smallest absolute Gasteiger partial charge is 0.312 e. The first-order valence-corrected chi connectivity index (χ1v) is 6.59. The van der Waals surface area contributed by atoms with E-state index >= 15 is 0 Å². The Morgan fingerprint density at radius 3 is 2.65 bits per heavy atom. The molecule has 17 heavy (non-hydrogen) atoms. The van der Waals surface area contributed by atoms with Crippen LogP contribution in [0.5, 0.6) is 0 Å². The number of aryl methyl sites for hydroxylation is 1. The summed E-state index contributed by atoms with van der Waals surface area (Å²) < 4.78 is 3.02. The molecule has 0 aliphatic heterocycles. The van der Waals surface area contributed by atoms with Gasteiger partial charge in [0.05, 0.1) is 6.54 Å². The second-order valence-electron chi connectivity index (χ2n) is 4.89. The van der Waals surface area contributed by atoms with Crippen LogP contribution in [0.4, 0.5) is 0 Å². The SMILES string of the molecule is Cn1cnn(CCNC2CCCCCC2)c1=O. The molecule has 1 saturated carbocycles. The molecule has 1 N–H and O–H groups in total. The molecule has 0 saturated heterocycles. The lowest BCUT2D eigenvalue weighted by Crippen LogP contribution is -2.34. The van der Waals surface area contributed by atoms with Gasteiger partial charge in [-0.05, 0) is 12.8 Å². The number of aromatic nitrogens is 3. The van der Waals surface area contributed by atoms with Crippen molar-refractivity contribution in [3.05, 3.63) is 16.8 Å². The molecule has 0 spiro atoms. The van der Waals surface area contributed by atoms with Crippen LogP contribution in [0.2, 0.25) is 0 Å². The monoisotopic (exact) mass is 238 g/mol. The molecule has 1 aromatic rings. The summed E-state index contributed by atoms with van der Waals surface area (Å²) in [6, 6.07) is 0.636. The molecule has 0 atom stereocenters. The van der Waals surface area contributed by atoms with Gasteiger partial charge in [-0.3, -0.25) is 4.57 Å². The van der Waals surface area contributed by atoms with Gasteiger partial charge < -0.3 is 5.32 Å². The second kappa shape index (κ2) is 6.00. The largest absolute Gasteiger partial charge is 0.345 e. The zero-order valence-corrected chi connectivity index (χ0v) is 10.6. The van der Waals surface area contributed by atoms with Crippen molar-refractivity contribution < 1.29 is 0 Å². The first-order valence-electron chi connectivity index (χ1n) is 6.59. The van der Waals surface area contributed by atoms with Crippen LogP contribution in [0.15, 0.2) is 11.1 Å². The summed E-state index contributed by atoms with van der Waals surface area (Å²) in [6.07, 6.45) is 9.53. The molecular weight excluding hydrogens is 216 g/mol. The molecule has 2 rings (SSSR count). The number of nitrogens with one attached hydrogen (secondary N) is 1. The van der Waals surface area contributed by atoms with Gasteiger partial charge in [0.1, 0.15) is 6.33 Å². The lowest BCUT2D eigenvalue weighted by molar-refractivity contribution is 0.432. The number of rotatable bonds is 4. The number of nitrogens with zero attached hydrogens (tertiary/aromatic N) is 3. The highest BCUT2D eigenvalue weighted by Gasteiger charge is 2.11. The van der Waals surface area contributed by atoms with Gasteiger partial charge in [-0.25, -0.2) is 9.48 Å². The maximum atomic E-state index is 11.5. The molecule has 5 nitrogen and oxygen atoms in total. The summed E-state index contributed by atoms with van der Waals surface area (Å²) in [5.41, 5.74) is -0.0346. The van der Waals surface area contributed by atoms with Gasteiger partial charge in [0.15, 0.2) is 0 Å². The molecule has 1 aromatic heterocycles. The van der Waals surface area contributed by atoms with Crippen LogP contribution >= 0.6 is 0 Å². The molecule has 0 bridgehead atoms. The molecular formula is C12H22N4O. The zero-order chi connectivity index (χ0) is 12.1. The van der Waals surface area contributed by atoms with Gasteiger partial charge in [0, 0.05) is 19.6 Å². The van der Waals surface area contributed by atoms with E-state index in [1.807, 2.05) is 0 Å². The van der Waals surface area contributed by atoms with Gasteiger partial charge in [-0.2, -0.15) is 5.10 Å². The van der Waals surface area contributed by atoms with Crippen LogP contribution in [0.1, 0.15) is 38.5 Å². The molecule has 0 unspecified atom stereocenters. The normalized spacial score (nSPS) is 18.2. The predicted octanol–water partition coefficient (Wildman–Crippen LogP) is 0.894. The Bertz CT molecular complexity index is 387. The maximum absolute atomic E-state index is 11.5. The fourth-order valence-electron chi connectivity index (χ4n) is 2.43. The molecule has 0 amide bonds. The third-order valence-corrected chi connectivity index (χ3v) is 3.50. The Morgan fingerprint density at radius 1 is 1.35 bits per heavy atom. The minimum Gasteiger partial charge on any atom is -0.312 e. The van der Waals surface area contributed by atoms with Crippen LogP contribution in [-0.4, -0.2) is 26.9 Å². The Kier molecular flexibility index (Phi) is 4.36. The third-order valence-electron chi connectivity index (χ3n) is 3.50. The lowest BCUT2D eigenvalue weighted by Gasteiger charge is -2.15. The van der Waals surface area contributed by atoms with Crippen molar-refractivity contribution in [3.8, 4) is 0 Å². The fourth-order valence-corrected chi connectivity index (χ4v) is 2.43. The van der Waals surface area contributed by atoms with E-state index in [9.17, 15) is 4.79 Å². The molecule has 96 valence electrons. The predicted molar refractivity (Wildman–Crippen MR) is 67.0 cm³/mol. The Balaban J connectivity index is 1.75. The molecule has 1 aliphatic rings. The average Bonchev–Trinajstić information content (AvgIpc) is 2.58. The summed E-state index contributed by atoms with van der Waals surface area (Å²) in [6.45, 7) is 1.50. The topological polar surface area (TPSA) is 51.9 Å². The average molecular weight is 238 g/mol. The Hall–Kier alpha value is -1.10. The van der Waals surface area contributed by atoms with Gasteiger partial charge >= 0.3 is 5.69 Å². The summed E-state index contributed by atoms with van der Waals surface area (Å²) >= 11 is 0.